The minimum atomic E-state index is -0.171. The van der Waals surface area contributed by atoms with E-state index in [9.17, 15) is 0 Å². The molecule has 1 aliphatic rings. The second-order valence-electron chi connectivity index (χ2n) is 14.2. The van der Waals surface area contributed by atoms with Gasteiger partial charge >= 0.3 is 0 Å². The van der Waals surface area contributed by atoms with Gasteiger partial charge in [-0.3, -0.25) is 0 Å². The van der Waals surface area contributed by atoms with E-state index in [0.29, 0.717) is 0 Å². The molecule has 5 heteroatoms. The van der Waals surface area contributed by atoms with Gasteiger partial charge in [0.1, 0.15) is 12.0 Å². The van der Waals surface area contributed by atoms with E-state index in [1.807, 2.05) is 12.1 Å². The zero-order valence-electron chi connectivity index (χ0n) is 30.8. The predicted octanol–water partition coefficient (Wildman–Crippen LogP) is 12.3. The fraction of sp³-hybridized carbons (Fsp3) is 0.0392. The Bertz CT molecular complexity index is 2810. The van der Waals surface area contributed by atoms with Crippen LogP contribution in [0.5, 0.6) is 0 Å². The van der Waals surface area contributed by atoms with Crippen molar-refractivity contribution in [3.05, 3.63) is 223 Å². The van der Waals surface area contributed by atoms with Crippen LogP contribution in [0.1, 0.15) is 22.9 Å². The van der Waals surface area contributed by atoms with Crippen LogP contribution in [0.3, 0.4) is 0 Å². The molecule has 10 rings (SSSR count). The van der Waals surface area contributed by atoms with Gasteiger partial charge in [0, 0.05) is 45.5 Å². The molecular formula is C51H39N5. The summed E-state index contributed by atoms with van der Waals surface area (Å²) in [5.41, 5.74) is 17.3. The van der Waals surface area contributed by atoms with Gasteiger partial charge in [-0.2, -0.15) is 5.01 Å². The van der Waals surface area contributed by atoms with Crippen molar-refractivity contribution in [3.63, 3.8) is 0 Å². The lowest BCUT2D eigenvalue weighted by Crippen LogP contribution is -2.37. The average Bonchev–Trinajstić information content (AvgIpc) is 3.84. The molecule has 0 radical (unpaired) electrons. The number of para-hydroxylation sites is 2. The molecule has 0 spiro atoms. The first-order chi connectivity index (χ1) is 27.7. The summed E-state index contributed by atoms with van der Waals surface area (Å²) in [5.74, 6) is 0.881. The van der Waals surface area contributed by atoms with E-state index >= 15 is 0 Å². The van der Waals surface area contributed by atoms with Crippen LogP contribution in [0.25, 0.3) is 49.7 Å². The topological polar surface area (TPSA) is 44.6 Å². The van der Waals surface area contributed by atoms with Crippen molar-refractivity contribution >= 4 is 39.0 Å². The number of nitrogens with one attached hydrogen (secondary N) is 2. The van der Waals surface area contributed by atoms with Crippen LogP contribution in [0.2, 0.25) is 0 Å². The fourth-order valence-electron chi connectivity index (χ4n) is 7.91. The first-order valence-corrected chi connectivity index (χ1v) is 19.1. The maximum atomic E-state index is 5.21. The smallest absolute Gasteiger partial charge is 0.147 e. The number of aliphatic imine (C=N–C) groups is 1. The molecule has 0 fully saturated rings. The number of fused-ring (bicyclic) bond motifs is 3. The highest BCUT2D eigenvalue weighted by Crippen LogP contribution is 2.39. The van der Waals surface area contributed by atoms with Crippen molar-refractivity contribution in [3.8, 4) is 27.9 Å². The Labute approximate surface area is 326 Å². The zero-order chi connectivity index (χ0) is 37.3. The van der Waals surface area contributed by atoms with Crippen LogP contribution in [0.4, 0.5) is 11.4 Å². The molecular weight excluding hydrogens is 683 g/mol. The highest BCUT2D eigenvalue weighted by Gasteiger charge is 2.28. The minimum absolute atomic E-state index is 0.171. The molecule has 2 N–H and O–H groups in total. The van der Waals surface area contributed by atoms with E-state index in [1.54, 1.807) is 0 Å². The standard InChI is InChI=1S/C51H39N5/c1-5-15-36(16-6-1)35-55-51(53-50(54-55)38-19-9-3-10-20-38)39-25-29-43(30-26-39)56-48-24-14-13-23-44(48)46-34-41(28-32-49(46)56)40-27-31-47(52-42-21-11-4-12-22-42)45(33-40)37-17-7-2-8-18-37/h1-34,51-52H,35H2,(H,53,54). The van der Waals surface area contributed by atoms with Crippen LogP contribution in [0.15, 0.2) is 211 Å². The van der Waals surface area contributed by atoms with Crippen LogP contribution in [-0.4, -0.2) is 15.4 Å². The summed E-state index contributed by atoms with van der Waals surface area (Å²) < 4.78 is 2.38. The molecule has 1 aromatic heterocycles. The monoisotopic (exact) mass is 721 g/mol. The Kier molecular flexibility index (Phi) is 8.67. The minimum Gasteiger partial charge on any atom is -0.355 e. The highest BCUT2D eigenvalue weighted by atomic mass is 15.6. The summed E-state index contributed by atoms with van der Waals surface area (Å²) in [6.45, 7) is 0.724. The maximum Gasteiger partial charge on any atom is 0.147 e. The molecule has 1 aliphatic heterocycles. The Hall–Kier alpha value is -7.21. The van der Waals surface area contributed by atoms with E-state index < -0.39 is 0 Å². The number of hydrazine groups is 1. The molecule has 0 bridgehead atoms. The number of hydrogen-bond acceptors (Lipinski definition) is 4. The Morgan fingerprint density at radius 1 is 0.500 bits per heavy atom. The number of hydrogen-bond donors (Lipinski definition) is 2. The Morgan fingerprint density at radius 2 is 1.11 bits per heavy atom. The van der Waals surface area contributed by atoms with Crippen LogP contribution in [0, 0.1) is 0 Å². The number of benzene rings is 8. The first kappa shape index (κ1) is 33.4. The number of amidine groups is 1. The quantitative estimate of drug-likeness (QED) is 0.156. The molecule has 9 aromatic rings. The molecule has 0 saturated heterocycles. The van der Waals surface area contributed by atoms with Gasteiger partial charge in [0.15, 0.2) is 0 Å². The van der Waals surface area contributed by atoms with E-state index in [4.69, 9.17) is 4.99 Å². The largest absolute Gasteiger partial charge is 0.355 e. The van der Waals surface area contributed by atoms with Gasteiger partial charge in [-0.15, -0.1) is 0 Å². The van der Waals surface area contributed by atoms with Gasteiger partial charge in [-0.25, -0.2) is 4.99 Å². The molecule has 0 saturated carbocycles. The normalized spacial score (nSPS) is 14.1. The molecule has 5 nitrogen and oxygen atoms in total. The lowest BCUT2D eigenvalue weighted by molar-refractivity contribution is 0.181. The highest BCUT2D eigenvalue weighted by molar-refractivity contribution is 6.10. The van der Waals surface area contributed by atoms with Crippen LogP contribution in [-0.2, 0) is 6.54 Å². The van der Waals surface area contributed by atoms with Gasteiger partial charge in [0.2, 0.25) is 0 Å². The van der Waals surface area contributed by atoms with Crippen LogP contribution >= 0.6 is 0 Å². The second-order valence-corrected chi connectivity index (χ2v) is 14.2. The number of anilines is 2. The Morgan fingerprint density at radius 3 is 1.86 bits per heavy atom. The molecule has 56 heavy (non-hydrogen) atoms. The molecule has 1 atom stereocenters. The van der Waals surface area contributed by atoms with E-state index in [2.05, 4.69) is 214 Å². The molecule has 0 aliphatic carbocycles. The van der Waals surface area contributed by atoms with E-state index in [1.165, 1.54) is 44.1 Å². The lowest BCUT2D eigenvalue weighted by Gasteiger charge is -2.24. The number of nitrogens with zero attached hydrogens (tertiary/aromatic N) is 3. The Balaban J connectivity index is 1.02. The van der Waals surface area contributed by atoms with Gasteiger partial charge in [0.05, 0.1) is 11.0 Å². The van der Waals surface area contributed by atoms with Crippen molar-refractivity contribution < 1.29 is 0 Å². The van der Waals surface area contributed by atoms with Crippen molar-refractivity contribution in [2.24, 2.45) is 4.99 Å². The predicted molar refractivity (Wildman–Crippen MR) is 232 cm³/mol. The second kappa shape index (κ2) is 14.6. The first-order valence-electron chi connectivity index (χ1n) is 19.1. The summed E-state index contributed by atoms with van der Waals surface area (Å²) >= 11 is 0. The molecule has 0 amide bonds. The average molecular weight is 722 g/mol. The third-order valence-corrected chi connectivity index (χ3v) is 10.7. The molecule has 268 valence electrons. The maximum absolute atomic E-state index is 5.21. The van der Waals surface area contributed by atoms with Crippen molar-refractivity contribution in [1.82, 2.24) is 15.0 Å². The van der Waals surface area contributed by atoms with Crippen molar-refractivity contribution in [1.29, 1.82) is 0 Å². The zero-order valence-corrected chi connectivity index (χ0v) is 30.8. The third kappa shape index (κ3) is 6.40. The van der Waals surface area contributed by atoms with E-state index in [0.717, 1.165) is 46.1 Å². The van der Waals surface area contributed by atoms with Crippen molar-refractivity contribution in [2.45, 2.75) is 12.7 Å². The van der Waals surface area contributed by atoms with Gasteiger partial charge in [0.25, 0.3) is 0 Å². The molecule has 1 unspecified atom stereocenters. The summed E-state index contributed by atoms with van der Waals surface area (Å²) in [6.07, 6.45) is -0.171. The van der Waals surface area contributed by atoms with Crippen molar-refractivity contribution in [2.75, 3.05) is 5.32 Å². The third-order valence-electron chi connectivity index (χ3n) is 10.7. The summed E-state index contributed by atoms with van der Waals surface area (Å²) in [6, 6.07) is 73.1. The number of aromatic nitrogens is 1. The lowest BCUT2D eigenvalue weighted by atomic mass is 9.96. The number of rotatable bonds is 9. The van der Waals surface area contributed by atoms with Gasteiger partial charge in [-0.1, -0.05) is 152 Å². The summed E-state index contributed by atoms with van der Waals surface area (Å²) in [5, 5.41) is 8.33. The molecule has 2 heterocycles. The summed E-state index contributed by atoms with van der Waals surface area (Å²) in [4.78, 5) is 5.21. The van der Waals surface area contributed by atoms with Gasteiger partial charge < -0.3 is 15.3 Å². The fourth-order valence-corrected chi connectivity index (χ4v) is 7.91. The van der Waals surface area contributed by atoms with Crippen LogP contribution < -0.4 is 10.7 Å². The van der Waals surface area contributed by atoms with Gasteiger partial charge in [-0.05, 0) is 82.4 Å². The van der Waals surface area contributed by atoms with E-state index in [-0.39, 0.29) is 6.17 Å². The summed E-state index contributed by atoms with van der Waals surface area (Å²) in [7, 11) is 0. The molecule has 8 aromatic carbocycles. The SMILES string of the molecule is c1ccc(CN2NC(c3ccccc3)=NC2c2ccc(-n3c4ccccc4c4cc(-c5ccc(Nc6ccccc6)c(-c6ccccc6)c5)ccc43)cc2)cc1.